The van der Waals surface area contributed by atoms with E-state index in [-0.39, 0.29) is 13.2 Å². The van der Waals surface area contributed by atoms with E-state index in [4.69, 9.17) is 5.26 Å². The summed E-state index contributed by atoms with van der Waals surface area (Å²) in [7, 11) is 0. The molecular weight excluding hydrogens is 176 g/mol. The van der Waals surface area contributed by atoms with Crippen LogP contribution in [0.5, 0.6) is 0 Å². The summed E-state index contributed by atoms with van der Waals surface area (Å²) in [5.74, 6) is -0.552. The normalized spacial score (nSPS) is 10.0. The zero-order valence-corrected chi connectivity index (χ0v) is 6.85. The van der Waals surface area contributed by atoms with Crippen LogP contribution in [0.2, 0.25) is 0 Å². The Hall–Kier alpha value is 0.0900. The van der Waals surface area contributed by atoms with Crippen molar-refractivity contribution >= 4 is 31.2 Å². The van der Waals surface area contributed by atoms with Crippen LogP contribution in [0.1, 0.15) is 0 Å². The van der Waals surface area contributed by atoms with Crippen molar-refractivity contribution in [3.8, 4) is 0 Å². The number of ether oxygens (including phenoxy) is 1. The molecule has 4 nitrogen and oxygen atoms in total. The highest BCUT2D eigenvalue weighted by Crippen LogP contribution is 2.01. The van der Waals surface area contributed by atoms with E-state index in [2.05, 4.69) is 34.9 Å². The highest BCUT2D eigenvalue weighted by molar-refractivity contribution is 8.00. The van der Waals surface area contributed by atoms with Crippen molar-refractivity contribution < 1.29 is 19.7 Å². The minimum absolute atomic E-state index is 0.00690. The molecule has 6 heteroatoms. The van der Waals surface area contributed by atoms with Crippen molar-refractivity contribution in [1.82, 2.24) is 0 Å². The lowest BCUT2D eigenvalue weighted by molar-refractivity contribution is -0.248. The summed E-state index contributed by atoms with van der Waals surface area (Å²) in [5.41, 5.74) is 0. The second-order valence-electron chi connectivity index (χ2n) is 1.37. The average Bonchev–Trinajstić information content (AvgIpc) is 1.88. The van der Waals surface area contributed by atoms with Gasteiger partial charge in [-0.2, -0.15) is 25.3 Å². The molecule has 0 aromatic heterocycles. The van der Waals surface area contributed by atoms with E-state index in [0.29, 0.717) is 0 Å². The Morgan fingerprint density at radius 3 is 2.50 bits per heavy atom. The van der Waals surface area contributed by atoms with Gasteiger partial charge in [0.2, 0.25) is 0 Å². The molecule has 1 N–H and O–H groups in total. The molecule has 0 bridgehead atoms. The number of esters is 1. The molecular formula is C4H8O4S2. The van der Waals surface area contributed by atoms with Crippen molar-refractivity contribution in [2.75, 3.05) is 13.2 Å². The number of hydrogen-bond acceptors (Lipinski definition) is 6. The summed E-state index contributed by atoms with van der Waals surface area (Å²) in [4.78, 5) is 14.2. The largest absolute Gasteiger partial charge is 0.462 e. The molecule has 60 valence electrons. The Labute approximate surface area is 69.3 Å². The van der Waals surface area contributed by atoms with Crippen LogP contribution in [0.4, 0.5) is 0 Å². The summed E-state index contributed by atoms with van der Waals surface area (Å²) in [6.45, 7) is -0.0348. The Balaban J connectivity index is 3.22. The monoisotopic (exact) mass is 184 g/mol. The van der Waals surface area contributed by atoms with Crippen LogP contribution in [0.25, 0.3) is 0 Å². The van der Waals surface area contributed by atoms with Crippen molar-refractivity contribution in [2.45, 2.75) is 4.58 Å². The molecule has 0 saturated heterocycles. The lowest BCUT2D eigenvalue weighted by Crippen LogP contribution is -2.15. The first-order valence-electron chi connectivity index (χ1n) is 2.47. The lowest BCUT2D eigenvalue weighted by Gasteiger charge is -2.03. The molecule has 0 fully saturated rings. The minimum Gasteiger partial charge on any atom is -0.462 e. The van der Waals surface area contributed by atoms with Gasteiger partial charge in [-0.25, -0.2) is 9.68 Å². The Morgan fingerprint density at radius 1 is 1.50 bits per heavy atom. The molecule has 0 radical (unpaired) electrons. The van der Waals surface area contributed by atoms with Crippen LogP contribution in [0.3, 0.4) is 0 Å². The maximum atomic E-state index is 10.5. The maximum Gasteiger partial charge on any atom is 0.328 e. The molecule has 0 unspecified atom stereocenters. The minimum atomic E-state index is -0.737. The predicted molar refractivity (Wildman–Crippen MR) is 41.3 cm³/mol. The molecule has 0 heterocycles. The second-order valence-corrected chi connectivity index (χ2v) is 2.81. The fourth-order valence-corrected chi connectivity index (χ4v) is 0.403. The number of thiol groups is 2. The third-order valence-corrected chi connectivity index (χ3v) is 1.05. The molecule has 10 heavy (non-hydrogen) atoms. The van der Waals surface area contributed by atoms with Crippen molar-refractivity contribution in [3.05, 3.63) is 0 Å². The maximum absolute atomic E-state index is 10.5. The molecule has 0 aromatic carbocycles. The van der Waals surface area contributed by atoms with Crippen LogP contribution in [0.15, 0.2) is 0 Å². The van der Waals surface area contributed by atoms with Crippen LogP contribution < -0.4 is 0 Å². The number of rotatable bonds is 4. The molecule has 0 amide bonds. The first-order chi connectivity index (χ1) is 4.68. The van der Waals surface area contributed by atoms with E-state index < -0.39 is 10.6 Å². The SMILES string of the molecule is O=C(OCCOO)C(S)S. The highest BCUT2D eigenvalue weighted by Gasteiger charge is 2.08. The van der Waals surface area contributed by atoms with Gasteiger partial charge >= 0.3 is 5.97 Å². The van der Waals surface area contributed by atoms with E-state index in [1.165, 1.54) is 0 Å². The molecule has 0 aliphatic rings. The van der Waals surface area contributed by atoms with Gasteiger partial charge in [0.05, 0.1) is 0 Å². The summed E-state index contributed by atoms with van der Waals surface area (Å²) >= 11 is 7.36. The smallest absolute Gasteiger partial charge is 0.328 e. The van der Waals surface area contributed by atoms with E-state index in [1.807, 2.05) is 0 Å². The standard InChI is InChI=1S/C4H8O4S2/c5-3(4(9)10)7-1-2-8-6/h4,6,9-10H,1-2H2. The summed E-state index contributed by atoms with van der Waals surface area (Å²) in [5, 5.41) is 7.79. The van der Waals surface area contributed by atoms with E-state index >= 15 is 0 Å². The molecule has 0 atom stereocenters. The van der Waals surface area contributed by atoms with Gasteiger partial charge in [0, 0.05) is 0 Å². The summed E-state index contributed by atoms with van der Waals surface area (Å²) in [6, 6.07) is 0. The van der Waals surface area contributed by atoms with Crippen LogP contribution in [-0.2, 0) is 14.4 Å². The van der Waals surface area contributed by atoms with Crippen molar-refractivity contribution in [2.24, 2.45) is 0 Å². The van der Waals surface area contributed by atoms with Gasteiger partial charge in [-0.1, -0.05) is 0 Å². The Morgan fingerprint density at radius 2 is 2.10 bits per heavy atom. The van der Waals surface area contributed by atoms with Crippen molar-refractivity contribution in [1.29, 1.82) is 0 Å². The Kier molecular flexibility index (Phi) is 5.90. The molecule has 0 saturated carbocycles. The fourth-order valence-electron chi connectivity index (χ4n) is 0.254. The number of hydrogen-bond donors (Lipinski definition) is 3. The van der Waals surface area contributed by atoms with E-state index in [9.17, 15) is 4.79 Å². The second kappa shape index (κ2) is 5.84. The fraction of sp³-hybridized carbons (Fsp3) is 0.750. The van der Waals surface area contributed by atoms with Gasteiger partial charge < -0.3 is 4.74 Å². The summed E-state index contributed by atoms with van der Waals surface area (Å²) < 4.78 is 3.73. The lowest BCUT2D eigenvalue weighted by atomic mass is 10.7. The molecule has 0 spiro atoms. The Bertz CT molecular complexity index is 105. The quantitative estimate of drug-likeness (QED) is 0.146. The van der Waals surface area contributed by atoms with Crippen molar-refractivity contribution in [3.63, 3.8) is 0 Å². The third-order valence-electron chi connectivity index (χ3n) is 0.630. The number of carbonyl (C=O) groups excluding carboxylic acids is 1. The molecule has 0 aromatic rings. The third kappa shape index (κ3) is 4.92. The van der Waals surface area contributed by atoms with Crippen LogP contribution in [0, 0.1) is 0 Å². The number of carbonyl (C=O) groups is 1. The van der Waals surface area contributed by atoms with Gasteiger partial charge in [-0.05, 0) is 0 Å². The zero-order valence-electron chi connectivity index (χ0n) is 5.06. The van der Waals surface area contributed by atoms with Crippen LogP contribution >= 0.6 is 25.3 Å². The molecule has 0 aliphatic carbocycles. The highest BCUT2D eigenvalue weighted by atomic mass is 32.2. The molecule has 0 aliphatic heterocycles. The summed E-state index contributed by atoms with van der Waals surface area (Å²) in [6.07, 6.45) is 0. The van der Waals surface area contributed by atoms with Gasteiger partial charge in [-0.15, -0.1) is 0 Å². The average molecular weight is 184 g/mol. The van der Waals surface area contributed by atoms with Gasteiger partial charge in [0.1, 0.15) is 17.8 Å². The molecule has 0 rings (SSSR count). The predicted octanol–water partition coefficient (Wildman–Crippen LogP) is 0.205. The first-order valence-corrected chi connectivity index (χ1v) is 3.51. The van der Waals surface area contributed by atoms with Gasteiger partial charge in [0.15, 0.2) is 0 Å². The zero-order chi connectivity index (χ0) is 7.98. The van der Waals surface area contributed by atoms with Gasteiger partial charge in [-0.3, -0.25) is 5.26 Å². The topological polar surface area (TPSA) is 55.8 Å². The van der Waals surface area contributed by atoms with Gasteiger partial charge in [0.25, 0.3) is 0 Å². The first kappa shape index (κ1) is 10.1. The van der Waals surface area contributed by atoms with E-state index in [1.54, 1.807) is 0 Å². The van der Waals surface area contributed by atoms with Crippen LogP contribution in [-0.4, -0.2) is 29.0 Å². The van der Waals surface area contributed by atoms with E-state index in [0.717, 1.165) is 0 Å².